The van der Waals surface area contributed by atoms with Gasteiger partial charge in [0.2, 0.25) is 0 Å². The number of furan rings is 1. The lowest BCUT2D eigenvalue weighted by Gasteiger charge is -2.27. The third kappa shape index (κ3) is 5.68. The highest BCUT2D eigenvalue weighted by molar-refractivity contribution is 7.07. The second-order valence-electron chi connectivity index (χ2n) is 10.0. The Balaban J connectivity index is 1.72. The van der Waals surface area contributed by atoms with Gasteiger partial charge in [0.05, 0.1) is 47.1 Å². The van der Waals surface area contributed by atoms with Crippen molar-refractivity contribution in [1.29, 1.82) is 0 Å². The molecule has 12 heteroatoms. The predicted molar refractivity (Wildman–Crippen MR) is 165 cm³/mol. The van der Waals surface area contributed by atoms with Crippen LogP contribution in [-0.4, -0.2) is 36.3 Å². The summed E-state index contributed by atoms with van der Waals surface area (Å²) in [7, 11) is 3.05. The van der Waals surface area contributed by atoms with Gasteiger partial charge < -0.3 is 18.6 Å². The zero-order valence-electron chi connectivity index (χ0n) is 24.9. The molecule has 5 rings (SSSR count). The number of fused-ring (bicyclic) bond motifs is 1. The number of nitro benzene ring substituents is 1. The molecule has 1 aliphatic heterocycles. The monoisotopic (exact) mass is 617 g/mol. The van der Waals surface area contributed by atoms with Gasteiger partial charge >= 0.3 is 5.97 Å². The number of hydrogen-bond donors (Lipinski definition) is 0. The first-order chi connectivity index (χ1) is 21.2. The fourth-order valence-electron chi connectivity index (χ4n) is 5.17. The first kappa shape index (κ1) is 30.5. The smallest absolute Gasteiger partial charge is 0.338 e. The van der Waals surface area contributed by atoms with Gasteiger partial charge in [-0.3, -0.25) is 19.5 Å². The zero-order valence-corrected chi connectivity index (χ0v) is 25.7. The number of carbonyl (C=O) groups is 1. The van der Waals surface area contributed by atoms with E-state index in [4.69, 9.17) is 23.6 Å². The van der Waals surface area contributed by atoms with Gasteiger partial charge in [-0.25, -0.2) is 9.79 Å². The lowest BCUT2D eigenvalue weighted by atomic mass is 9.93. The minimum atomic E-state index is -0.901. The summed E-state index contributed by atoms with van der Waals surface area (Å²) < 4.78 is 24.4. The normalized spacial score (nSPS) is 14.7. The number of aromatic nitrogens is 1. The van der Waals surface area contributed by atoms with Gasteiger partial charge in [-0.1, -0.05) is 30.7 Å². The summed E-state index contributed by atoms with van der Waals surface area (Å²) in [6, 6.07) is 12.5. The number of benzene rings is 2. The van der Waals surface area contributed by atoms with Crippen LogP contribution in [0.5, 0.6) is 11.5 Å². The van der Waals surface area contributed by atoms with Crippen molar-refractivity contribution in [3.63, 3.8) is 0 Å². The van der Waals surface area contributed by atoms with Gasteiger partial charge in [-0.2, -0.15) is 0 Å². The highest BCUT2D eigenvalue weighted by atomic mass is 32.1. The molecule has 0 saturated carbocycles. The number of carbonyl (C=O) groups excluding carboxylic acids is 1. The maximum Gasteiger partial charge on any atom is 0.338 e. The van der Waals surface area contributed by atoms with E-state index in [1.165, 1.54) is 24.9 Å². The van der Waals surface area contributed by atoms with E-state index in [0.717, 1.165) is 16.9 Å². The molecular weight excluding hydrogens is 586 g/mol. The largest absolute Gasteiger partial charge is 0.497 e. The van der Waals surface area contributed by atoms with Crippen molar-refractivity contribution in [3.8, 4) is 22.8 Å². The van der Waals surface area contributed by atoms with Crippen LogP contribution in [0.25, 0.3) is 17.4 Å². The number of hydrogen-bond acceptors (Lipinski definition) is 10. The average Bonchev–Trinajstić information content (AvgIpc) is 3.60. The van der Waals surface area contributed by atoms with Crippen LogP contribution in [0, 0.1) is 17.0 Å². The van der Waals surface area contributed by atoms with Crippen LogP contribution in [0.15, 0.2) is 74.0 Å². The summed E-state index contributed by atoms with van der Waals surface area (Å²) in [6.45, 7) is 5.62. The molecule has 1 atom stereocenters. The number of rotatable bonds is 10. The summed E-state index contributed by atoms with van der Waals surface area (Å²) in [6.07, 6.45) is 2.76. The van der Waals surface area contributed by atoms with E-state index in [0.29, 0.717) is 62.0 Å². The lowest BCUT2D eigenvalue weighted by Crippen LogP contribution is -2.40. The lowest BCUT2D eigenvalue weighted by molar-refractivity contribution is -0.384. The molecule has 0 saturated heterocycles. The quantitative estimate of drug-likeness (QED) is 0.137. The molecule has 0 fully saturated rings. The summed E-state index contributed by atoms with van der Waals surface area (Å²) in [5, 5.41) is 11.7. The van der Waals surface area contributed by atoms with Gasteiger partial charge in [-0.15, -0.1) is 0 Å². The SMILES string of the molecule is CCCC1=C(C(=O)OCC)[C@H](c2cc(OC)ccc2OC)n2c(s/c(=C\c3ccc(-c4ccc(C)cc4[N+](=O)[O-])o3)c2=O)=N1. The van der Waals surface area contributed by atoms with Crippen LogP contribution >= 0.6 is 11.3 Å². The van der Waals surface area contributed by atoms with Gasteiger partial charge in [0.15, 0.2) is 4.80 Å². The van der Waals surface area contributed by atoms with E-state index in [1.54, 1.807) is 62.4 Å². The molecule has 44 heavy (non-hydrogen) atoms. The maximum atomic E-state index is 14.1. The highest BCUT2D eigenvalue weighted by Gasteiger charge is 2.36. The molecule has 0 unspecified atom stereocenters. The van der Waals surface area contributed by atoms with Crippen molar-refractivity contribution < 1.29 is 28.3 Å². The fourth-order valence-corrected chi connectivity index (χ4v) is 6.17. The van der Waals surface area contributed by atoms with Gasteiger partial charge in [0, 0.05) is 17.7 Å². The Bertz CT molecular complexity index is 1970. The van der Waals surface area contributed by atoms with Gasteiger partial charge in [0.1, 0.15) is 29.1 Å². The molecule has 228 valence electrons. The second-order valence-corrected chi connectivity index (χ2v) is 11.0. The number of nitro groups is 1. The number of aryl methyl sites for hydroxylation is 1. The van der Waals surface area contributed by atoms with Crippen molar-refractivity contribution in [2.75, 3.05) is 20.8 Å². The van der Waals surface area contributed by atoms with Crippen molar-refractivity contribution in [1.82, 2.24) is 4.57 Å². The van der Waals surface area contributed by atoms with E-state index < -0.39 is 22.5 Å². The van der Waals surface area contributed by atoms with E-state index in [9.17, 15) is 19.7 Å². The van der Waals surface area contributed by atoms with Crippen molar-refractivity contribution in [3.05, 3.63) is 106 Å². The van der Waals surface area contributed by atoms with Crippen molar-refractivity contribution in [2.24, 2.45) is 4.99 Å². The van der Waals surface area contributed by atoms with Crippen LogP contribution in [0.4, 0.5) is 5.69 Å². The molecule has 0 aliphatic carbocycles. The molecule has 3 heterocycles. The standard InChI is InChI=1S/C32H31N3O8S/c1-6-8-23-28(31(37)42-7-2)29(22-16-19(40-4)10-13-25(22)41-5)34-30(36)27(44-32(34)33-23)17-20-11-14-26(43-20)21-12-9-18(3)15-24(21)35(38)39/h9-17,29H,6-8H2,1-5H3/b27-17-/t29-/m0/s1. The Morgan fingerprint density at radius 3 is 2.61 bits per heavy atom. The molecule has 11 nitrogen and oxygen atoms in total. The van der Waals surface area contributed by atoms with Gasteiger partial charge in [-0.05, 0) is 62.2 Å². The van der Waals surface area contributed by atoms with E-state index >= 15 is 0 Å². The van der Waals surface area contributed by atoms with Crippen LogP contribution in [-0.2, 0) is 9.53 Å². The Kier molecular flexibility index (Phi) is 8.81. The number of nitrogens with zero attached hydrogens (tertiary/aromatic N) is 3. The van der Waals surface area contributed by atoms with E-state index in [2.05, 4.69) is 0 Å². The Labute approximate surface area is 256 Å². The van der Waals surface area contributed by atoms with Gasteiger partial charge in [0.25, 0.3) is 11.2 Å². The average molecular weight is 618 g/mol. The molecule has 0 radical (unpaired) electrons. The first-order valence-corrected chi connectivity index (χ1v) is 14.8. The molecular formula is C32H31N3O8S. The van der Waals surface area contributed by atoms with Crippen molar-refractivity contribution >= 4 is 29.1 Å². The third-order valence-corrected chi connectivity index (χ3v) is 8.12. The molecule has 0 spiro atoms. The Hall–Kier alpha value is -4.97. The molecule has 0 bridgehead atoms. The fraction of sp³-hybridized carbons (Fsp3) is 0.281. The summed E-state index contributed by atoms with van der Waals surface area (Å²) in [5.74, 6) is 1.03. The Morgan fingerprint density at radius 1 is 1.14 bits per heavy atom. The summed E-state index contributed by atoms with van der Waals surface area (Å²) >= 11 is 1.15. The minimum Gasteiger partial charge on any atom is -0.497 e. The predicted octanol–water partition coefficient (Wildman–Crippen LogP) is 5.07. The van der Waals surface area contributed by atoms with E-state index in [1.807, 2.05) is 6.92 Å². The molecule has 0 N–H and O–H groups in total. The number of allylic oxidation sites excluding steroid dienone is 1. The van der Waals surface area contributed by atoms with Crippen LogP contribution < -0.4 is 24.4 Å². The third-order valence-electron chi connectivity index (χ3n) is 7.14. The van der Waals surface area contributed by atoms with Crippen molar-refractivity contribution in [2.45, 2.75) is 39.7 Å². The molecule has 2 aromatic carbocycles. The molecule has 4 aromatic rings. The maximum absolute atomic E-state index is 14.1. The van der Waals surface area contributed by atoms with Crippen LogP contribution in [0.3, 0.4) is 0 Å². The minimum absolute atomic E-state index is 0.0764. The van der Waals surface area contributed by atoms with Crippen LogP contribution in [0.2, 0.25) is 0 Å². The molecule has 2 aromatic heterocycles. The topological polar surface area (TPSA) is 135 Å². The number of esters is 1. The first-order valence-electron chi connectivity index (χ1n) is 14.0. The number of thiazole rings is 1. The second kappa shape index (κ2) is 12.7. The summed E-state index contributed by atoms with van der Waals surface area (Å²) in [4.78, 5) is 44.0. The molecule has 0 amide bonds. The summed E-state index contributed by atoms with van der Waals surface area (Å²) in [5.41, 5.74) is 1.92. The Morgan fingerprint density at radius 2 is 1.93 bits per heavy atom. The number of ether oxygens (including phenoxy) is 3. The van der Waals surface area contributed by atoms with E-state index in [-0.39, 0.29) is 17.9 Å². The van der Waals surface area contributed by atoms with Crippen LogP contribution in [0.1, 0.15) is 49.6 Å². The zero-order chi connectivity index (χ0) is 31.5. The molecule has 1 aliphatic rings. The number of methoxy groups -OCH3 is 2. The highest BCUT2D eigenvalue weighted by Crippen LogP contribution is 2.39.